The monoisotopic (exact) mass is 248 g/mol. The van der Waals surface area contributed by atoms with Crippen LogP contribution in [0.1, 0.15) is 5.56 Å². The van der Waals surface area contributed by atoms with E-state index in [1.807, 2.05) is 0 Å². The van der Waals surface area contributed by atoms with Gasteiger partial charge in [-0.2, -0.15) is 0 Å². The zero-order valence-corrected chi connectivity index (χ0v) is 10.8. The van der Waals surface area contributed by atoms with Crippen molar-refractivity contribution in [2.45, 2.75) is 12.5 Å². The van der Waals surface area contributed by atoms with Gasteiger partial charge in [0.15, 0.2) is 0 Å². The molecule has 4 heteroatoms. The van der Waals surface area contributed by atoms with E-state index in [2.05, 4.69) is 28.4 Å². The van der Waals surface area contributed by atoms with Crippen molar-refractivity contribution in [1.29, 1.82) is 0 Å². The van der Waals surface area contributed by atoms with Gasteiger partial charge in [0.05, 0.1) is 6.61 Å². The van der Waals surface area contributed by atoms with Crippen LogP contribution in [-0.2, 0) is 11.2 Å². The Labute approximate surface area is 108 Å². The SMILES string of the molecule is COCC1Cc2cc(N3CCNCC3)ccc2O1. The third-order valence-corrected chi connectivity index (χ3v) is 3.62. The summed E-state index contributed by atoms with van der Waals surface area (Å²) in [5, 5.41) is 3.38. The Kier molecular flexibility index (Phi) is 3.39. The van der Waals surface area contributed by atoms with Crippen molar-refractivity contribution in [2.24, 2.45) is 0 Å². The molecule has 0 radical (unpaired) electrons. The van der Waals surface area contributed by atoms with E-state index in [4.69, 9.17) is 9.47 Å². The van der Waals surface area contributed by atoms with Gasteiger partial charge in [0, 0.05) is 45.4 Å². The molecule has 1 fully saturated rings. The molecule has 4 nitrogen and oxygen atoms in total. The van der Waals surface area contributed by atoms with Crippen molar-refractivity contribution in [3.63, 3.8) is 0 Å². The first-order valence-corrected chi connectivity index (χ1v) is 6.61. The summed E-state index contributed by atoms with van der Waals surface area (Å²) in [6.07, 6.45) is 1.14. The van der Waals surface area contributed by atoms with Crippen molar-refractivity contribution < 1.29 is 9.47 Å². The number of nitrogens with zero attached hydrogens (tertiary/aromatic N) is 1. The summed E-state index contributed by atoms with van der Waals surface area (Å²) in [5.41, 5.74) is 2.63. The van der Waals surface area contributed by atoms with E-state index < -0.39 is 0 Å². The van der Waals surface area contributed by atoms with Crippen molar-refractivity contribution in [2.75, 3.05) is 44.8 Å². The Morgan fingerprint density at radius 3 is 3.00 bits per heavy atom. The zero-order valence-electron chi connectivity index (χ0n) is 10.8. The van der Waals surface area contributed by atoms with Crippen molar-refractivity contribution in [3.8, 4) is 5.75 Å². The Morgan fingerprint density at radius 2 is 2.22 bits per heavy atom. The van der Waals surface area contributed by atoms with Gasteiger partial charge < -0.3 is 19.7 Å². The fourth-order valence-corrected chi connectivity index (χ4v) is 2.71. The molecular formula is C14H20N2O2. The van der Waals surface area contributed by atoms with E-state index >= 15 is 0 Å². The summed E-state index contributed by atoms with van der Waals surface area (Å²) in [6.45, 7) is 4.97. The fraction of sp³-hybridized carbons (Fsp3) is 0.571. The van der Waals surface area contributed by atoms with Crippen LogP contribution < -0.4 is 15.0 Å². The van der Waals surface area contributed by atoms with Gasteiger partial charge in [0.2, 0.25) is 0 Å². The Bertz CT molecular complexity index is 416. The molecular weight excluding hydrogens is 228 g/mol. The molecule has 0 aliphatic carbocycles. The van der Waals surface area contributed by atoms with Gasteiger partial charge in [0.1, 0.15) is 11.9 Å². The highest BCUT2D eigenvalue weighted by molar-refractivity contribution is 5.55. The molecule has 0 aromatic heterocycles. The number of nitrogens with one attached hydrogen (secondary N) is 1. The number of anilines is 1. The Balaban J connectivity index is 1.74. The van der Waals surface area contributed by atoms with Gasteiger partial charge in [0.25, 0.3) is 0 Å². The average molecular weight is 248 g/mol. The molecule has 98 valence electrons. The van der Waals surface area contributed by atoms with Crippen molar-refractivity contribution in [1.82, 2.24) is 5.32 Å². The zero-order chi connectivity index (χ0) is 12.4. The summed E-state index contributed by atoms with van der Waals surface area (Å²) in [5.74, 6) is 1.02. The number of fused-ring (bicyclic) bond motifs is 1. The maximum Gasteiger partial charge on any atom is 0.126 e. The second-order valence-corrected chi connectivity index (χ2v) is 4.93. The summed E-state index contributed by atoms with van der Waals surface area (Å²) in [6, 6.07) is 6.54. The lowest BCUT2D eigenvalue weighted by atomic mass is 10.1. The molecule has 1 unspecified atom stereocenters. The van der Waals surface area contributed by atoms with Crippen LogP contribution in [0.4, 0.5) is 5.69 Å². The fourth-order valence-electron chi connectivity index (χ4n) is 2.71. The maximum atomic E-state index is 5.83. The first-order chi connectivity index (χ1) is 8.86. The van der Waals surface area contributed by atoms with E-state index in [-0.39, 0.29) is 6.10 Å². The van der Waals surface area contributed by atoms with Crippen LogP contribution >= 0.6 is 0 Å². The molecule has 1 atom stereocenters. The van der Waals surface area contributed by atoms with E-state index in [1.54, 1.807) is 7.11 Å². The minimum absolute atomic E-state index is 0.184. The van der Waals surface area contributed by atoms with Crippen LogP contribution in [0.15, 0.2) is 18.2 Å². The number of ether oxygens (including phenoxy) is 2. The summed E-state index contributed by atoms with van der Waals surface area (Å²) in [7, 11) is 1.72. The van der Waals surface area contributed by atoms with Gasteiger partial charge in [-0.15, -0.1) is 0 Å². The quantitative estimate of drug-likeness (QED) is 0.867. The number of hydrogen-bond acceptors (Lipinski definition) is 4. The lowest BCUT2D eigenvalue weighted by Crippen LogP contribution is -2.43. The standard InChI is InChI=1S/C14H20N2O2/c1-17-10-13-9-11-8-12(2-3-14(11)18-13)16-6-4-15-5-7-16/h2-3,8,13,15H,4-7,9-10H2,1H3. The number of hydrogen-bond donors (Lipinski definition) is 1. The lowest BCUT2D eigenvalue weighted by molar-refractivity contribution is 0.0951. The molecule has 1 aromatic carbocycles. The molecule has 1 aromatic rings. The van der Waals surface area contributed by atoms with Crippen LogP contribution in [0.2, 0.25) is 0 Å². The van der Waals surface area contributed by atoms with Crippen molar-refractivity contribution >= 4 is 5.69 Å². The van der Waals surface area contributed by atoms with Crippen LogP contribution in [0, 0.1) is 0 Å². The minimum Gasteiger partial charge on any atom is -0.487 e. The van der Waals surface area contributed by atoms with Crippen LogP contribution in [0.25, 0.3) is 0 Å². The molecule has 18 heavy (non-hydrogen) atoms. The van der Waals surface area contributed by atoms with E-state index in [0.29, 0.717) is 6.61 Å². The first kappa shape index (κ1) is 11.8. The number of benzene rings is 1. The van der Waals surface area contributed by atoms with Crippen LogP contribution in [0.3, 0.4) is 0 Å². The normalized spacial score (nSPS) is 22.7. The number of rotatable bonds is 3. The average Bonchev–Trinajstić information content (AvgIpc) is 2.81. The summed E-state index contributed by atoms with van der Waals surface area (Å²) < 4.78 is 11.0. The third-order valence-electron chi connectivity index (χ3n) is 3.62. The van der Waals surface area contributed by atoms with Crippen LogP contribution in [-0.4, -0.2) is 46.0 Å². The van der Waals surface area contributed by atoms with E-state index in [0.717, 1.165) is 38.3 Å². The molecule has 1 saturated heterocycles. The summed E-state index contributed by atoms with van der Waals surface area (Å²) in [4.78, 5) is 2.43. The van der Waals surface area contributed by atoms with E-state index in [9.17, 15) is 0 Å². The Hall–Kier alpha value is -1.26. The number of piperazine rings is 1. The molecule has 0 saturated carbocycles. The minimum atomic E-state index is 0.184. The molecule has 2 aliphatic heterocycles. The second kappa shape index (κ2) is 5.16. The largest absolute Gasteiger partial charge is 0.487 e. The molecule has 0 amide bonds. The van der Waals surface area contributed by atoms with E-state index in [1.165, 1.54) is 11.3 Å². The Morgan fingerprint density at radius 1 is 1.39 bits per heavy atom. The molecule has 0 bridgehead atoms. The third kappa shape index (κ3) is 2.31. The maximum absolute atomic E-state index is 5.83. The molecule has 3 rings (SSSR count). The topological polar surface area (TPSA) is 33.7 Å². The highest BCUT2D eigenvalue weighted by atomic mass is 16.5. The first-order valence-electron chi connectivity index (χ1n) is 6.61. The van der Waals surface area contributed by atoms with Gasteiger partial charge in [-0.25, -0.2) is 0 Å². The summed E-state index contributed by atoms with van der Waals surface area (Å²) >= 11 is 0. The van der Waals surface area contributed by atoms with Crippen LogP contribution in [0.5, 0.6) is 5.75 Å². The molecule has 2 heterocycles. The predicted octanol–water partition coefficient (Wildman–Crippen LogP) is 1.05. The number of methoxy groups -OCH3 is 1. The highest BCUT2D eigenvalue weighted by Crippen LogP contribution is 2.32. The lowest BCUT2D eigenvalue weighted by Gasteiger charge is -2.29. The van der Waals surface area contributed by atoms with Gasteiger partial charge >= 0.3 is 0 Å². The molecule has 2 aliphatic rings. The smallest absolute Gasteiger partial charge is 0.126 e. The molecule has 0 spiro atoms. The van der Waals surface area contributed by atoms with Crippen molar-refractivity contribution in [3.05, 3.63) is 23.8 Å². The molecule has 1 N–H and O–H groups in total. The second-order valence-electron chi connectivity index (χ2n) is 4.93. The highest BCUT2D eigenvalue weighted by Gasteiger charge is 2.23. The van der Waals surface area contributed by atoms with Gasteiger partial charge in [-0.3, -0.25) is 0 Å². The van der Waals surface area contributed by atoms with Gasteiger partial charge in [-0.05, 0) is 23.8 Å². The van der Waals surface area contributed by atoms with Gasteiger partial charge in [-0.1, -0.05) is 0 Å². The predicted molar refractivity (Wildman–Crippen MR) is 71.5 cm³/mol.